The van der Waals surface area contributed by atoms with Crippen LogP contribution in [0.25, 0.3) is 0 Å². The molecule has 0 saturated heterocycles. The lowest BCUT2D eigenvalue weighted by atomic mass is 10.1. The Hall–Kier alpha value is -0.910. The molecule has 0 aromatic carbocycles. The van der Waals surface area contributed by atoms with Crippen molar-refractivity contribution in [1.29, 1.82) is 0 Å². The summed E-state index contributed by atoms with van der Waals surface area (Å²) in [4.78, 5) is 7.87. The van der Waals surface area contributed by atoms with Crippen LogP contribution < -0.4 is 5.32 Å². The van der Waals surface area contributed by atoms with E-state index >= 15 is 0 Å². The number of nitrogens with zero attached hydrogens (tertiary/aromatic N) is 2. The number of aromatic nitrogens is 2. The number of rotatable bonds is 5. The maximum absolute atomic E-state index is 9.67. The lowest BCUT2D eigenvalue weighted by molar-refractivity contribution is 0.0166. The van der Waals surface area contributed by atoms with Crippen molar-refractivity contribution >= 4 is 17.5 Å². The Kier molecular flexibility index (Phi) is 4.74. The minimum absolute atomic E-state index is 0.299. The predicted octanol–water partition coefficient (Wildman–Crippen LogP) is 0.541. The summed E-state index contributed by atoms with van der Waals surface area (Å²) in [7, 11) is 1.70. The molecule has 0 bridgehead atoms. The first-order chi connectivity index (χ1) is 7.19. The van der Waals surface area contributed by atoms with E-state index in [1.807, 2.05) is 0 Å². The molecule has 0 saturated carbocycles. The summed E-state index contributed by atoms with van der Waals surface area (Å²) in [5.41, 5.74) is 0.478. The Morgan fingerprint density at radius 1 is 1.40 bits per heavy atom. The van der Waals surface area contributed by atoms with Gasteiger partial charge in [-0.3, -0.25) is 0 Å². The first-order valence-electron chi connectivity index (χ1n) is 4.60. The van der Waals surface area contributed by atoms with Gasteiger partial charge >= 0.3 is 0 Å². The highest BCUT2D eigenvalue weighted by Crippen LogP contribution is 2.18. The molecule has 1 heterocycles. The third kappa shape index (κ3) is 3.30. The van der Waals surface area contributed by atoms with Gasteiger partial charge in [0.25, 0.3) is 0 Å². The van der Waals surface area contributed by atoms with Crippen LogP contribution in [0.5, 0.6) is 0 Å². The molecule has 0 spiro atoms. The molecule has 2 unspecified atom stereocenters. The van der Waals surface area contributed by atoms with Gasteiger partial charge in [-0.25, -0.2) is 9.97 Å². The smallest absolute Gasteiger partial charge is 0.222 e. The Labute approximate surface area is 93.1 Å². The van der Waals surface area contributed by atoms with Crippen molar-refractivity contribution in [3.8, 4) is 0 Å². The molecule has 1 aromatic heterocycles. The molecule has 6 heteroatoms. The zero-order valence-corrected chi connectivity index (χ0v) is 9.15. The zero-order valence-electron chi connectivity index (χ0n) is 8.39. The van der Waals surface area contributed by atoms with Crippen LogP contribution in [-0.2, 0) is 0 Å². The molecule has 84 valence electrons. The van der Waals surface area contributed by atoms with Gasteiger partial charge in [-0.15, -0.1) is 11.6 Å². The second kappa shape index (κ2) is 5.85. The van der Waals surface area contributed by atoms with Gasteiger partial charge in [0.15, 0.2) is 0 Å². The van der Waals surface area contributed by atoms with Crippen molar-refractivity contribution in [3.05, 3.63) is 18.0 Å². The highest BCUT2D eigenvalue weighted by Gasteiger charge is 2.18. The lowest BCUT2D eigenvalue weighted by Crippen LogP contribution is -2.19. The maximum Gasteiger partial charge on any atom is 0.222 e. The number of hydrogen-bond donors (Lipinski definition) is 3. The fourth-order valence-electron chi connectivity index (χ4n) is 1.11. The number of aliphatic hydroxyl groups is 2. The highest BCUT2D eigenvalue weighted by molar-refractivity contribution is 6.17. The molecule has 0 aliphatic heterocycles. The quantitative estimate of drug-likeness (QED) is 0.645. The van der Waals surface area contributed by atoms with E-state index in [9.17, 15) is 10.2 Å². The standard InChI is InChI=1S/C9H14ClN3O2/c1-11-9-12-4-6(5-13-9)8(15)7(14)2-3-10/h4-5,7-8,14-15H,2-3H2,1H3,(H,11,12,13). The third-order valence-electron chi connectivity index (χ3n) is 2.01. The lowest BCUT2D eigenvalue weighted by Gasteiger charge is -2.16. The average molecular weight is 232 g/mol. The van der Waals surface area contributed by atoms with Crippen molar-refractivity contribution in [2.75, 3.05) is 18.2 Å². The van der Waals surface area contributed by atoms with Gasteiger partial charge in [0, 0.05) is 30.9 Å². The van der Waals surface area contributed by atoms with Gasteiger partial charge in [-0.05, 0) is 6.42 Å². The molecule has 0 aliphatic rings. The molecule has 1 rings (SSSR count). The number of halogens is 1. The van der Waals surface area contributed by atoms with Gasteiger partial charge < -0.3 is 15.5 Å². The van der Waals surface area contributed by atoms with E-state index in [0.717, 1.165) is 0 Å². The van der Waals surface area contributed by atoms with Gasteiger partial charge in [0.2, 0.25) is 5.95 Å². The summed E-state index contributed by atoms with van der Waals surface area (Å²) in [6.45, 7) is 0. The first-order valence-corrected chi connectivity index (χ1v) is 5.14. The van der Waals surface area contributed by atoms with E-state index in [-0.39, 0.29) is 0 Å². The highest BCUT2D eigenvalue weighted by atomic mass is 35.5. The molecular formula is C9H14ClN3O2. The third-order valence-corrected chi connectivity index (χ3v) is 2.22. The number of nitrogens with one attached hydrogen (secondary N) is 1. The second-order valence-corrected chi connectivity index (χ2v) is 3.46. The van der Waals surface area contributed by atoms with Crippen LogP contribution in [0.4, 0.5) is 5.95 Å². The van der Waals surface area contributed by atoms with Crippen LogP contribution in [0.1, 0.15) is 18.1 Å². The minimum Gasteiger partial charge on any atom is -0.390 e. The molecule has 3 N–H and O–H groups in total. The zero-order chi connectivity index (χ0) is 11.3. The van der Waals surface area contributed by atoms with Gasteiger partial charge in [-0.2, -0.15) is 0 Å². The van der Waals surface area contributed by atoms with E-state index in [1.165, 1.54) is 12.4 Å². The summed E-state index contributed by atoms with van der Waals surface area (Å²) in [6.07, 6.45) is 1.40. The van der Waals surface area contributed by atoms with Crippen LogP contribution in [0, 0.1) is 0 Å². The Morgan fingerprint density at radius 3 is 2.47 bits per heavy atom. The molecule has 0 fully saturated rings. The predicted molar refractivity (Wildman–Crippen MR) is 57.9 cm³/mol. The minimum atomic E-state index is -0.991. The molecule has 1 aromatic rings. The molecule has 0 aliphatic carbocycles. The normalized spacial score (nSPS) is 14.7. The topological polar surface area (TPSA) is 78.3 Å². The van der Waals surface area contributed by atoms with E-state index in [4.69, 9.17) is 11.6 Å². The van der Waals surface area contributed by atoms with Gasteiger partial charge in [-0.1, -0.05) is 0 Å². The van der Waals surface area contributed by atoms with Crippen LogP contribution in [0.3, 0.4) is 0 Å². The summed E-state index contributed by atoms with van der Waals surface area (Å²) in [5, 5.41) is 21.9. The Balaban J connectivity index is 2.69. The summed E-state index contributed by atoms with van der Waals surface area (Å²) in [6, 6.07) is 0. The van der Waals surface area contributed by atoms with Crippen LogP contribution in [0.2, 0.25) is 0 Å². The number of anilines is 1. The molecule has 15 heavy (non-hydrogen) atoms. The molecule has 0 amide bonds. The second-order valence-electron chi connectivity index (χ2n) is 3.08. The molecule has 0 radical (unpaired) electrons. The van der Waals surface area contributed by atoms with Crippen LogP contribution >= 0.6 is 11.6 Å². The maximum atomic E-state index is 9.67. The summed E-state index contributed by atoms with van der Waals surface area (Å²) < 4.78 is 0. The van der Waals surface area contributed by atoms with Crippen molar-refractivity contribution in [2.24, 2.45) is 0 Å². The largest absolute Gasteiger partial charge is 0.390 e. The van der Waals surface area contributed by atoms with Crippen molar-refractivity contribution in [1.82, 2.24) is 9.97 Å². The van der Waals surface area contributed by atoms with E-state index in [2.05, 4.69) is 15.3 Å². The van der Waals surface area contributed by atoms with Crippen molar-refractivity contribution in [3.63, 3.8) is 0 Å². The average Bonchev–Trinajstić information content (AvgIpc) is 2.28. The fraction of sp³-hybridized carbons (Fsp3) is 0.556. The van der Waals surface area contributed by atoms with Gasteiger partial charge in [0.05, 0.1) is 6.10 Å². The number of aliphatic hydroxyl groups excluding tert-OH is 2. The van der Waals surface area contributed by atoms with E-state index in [1.54, 1.807) is 7.05 Å². The van der Waals surface area contributed by atoms with Crippen LogP contribution in [0.15, 0.2) is 12.4 Å². The number of alkyl halides is 1. The first kappa shape index (κ1) is 12.2. The molecule has 2 atom stereocenters. The molecular weight excluding hydrogens is 218 g/mol. The summed E-state index contributed by atoms with van der Waals surface area (Å²) >= 11 is 5.46. The monoisotopic (exact) mass is 231 g/mol. The fourth-order valence-corrected chi connectivity index (χ4v) is 1.34. The number of hydrogen-bond acceptors (Lipinski definition) is 5. The Morgan fingerprint density at radius 2 is 2.00 bits per heavy atom. The van der Waals surface area contributed by atoms with Crippen molar-refractivity contribution in [2.45, 2.75) is 18.6 Å². The molecule has 5 nitrogen and oxygen atoms in total. The summed E-state index contributed by atoms with van der Waals surface area (Å²) in [5.74, 6) is 0.769. The van der Waals surface area contributed by atoms with Crippen molar-refractivity contribution < 1.29 is 10.2 Å². The Bertz CT molecular complexity index is 294. The SMILES string of the molecule is CNc1ncc(C(O)C(O)CCCl)cn1. The van der Waals surface area contributed by atoms with Crippen LogP contribution in [-0.4, -0.2) is 39.2 Å². The van der Waals surface area contributed by atoms with E-state index in [0.29, 0.717) is 23.8 Å². The van der Waals surface area contributed by atoms with E-state index < -0.39 is 12.2 Å². The van der Waals surface area contributed by atoms with Gasteiger partial charge in [0.1, 0.15) is 6.10 Å².